The van der Waals surface area contributed by atoms with E-state index in [0.29, 0.717) is 22.5 Å². The Bertz CT molecular complexity index is 977. The molecule has 0 aliphatic rings. The van der Waals surface area contributed by atoms with Crippen LogP contribution in [-0.2, 0) is 6.18 Å². The lowest BCUT2D eigenvalue weighted by molar-refractivity contribution is -0.137. The van der Waals surface area contributed by atoms with E-state index in [0.717, 1.165) is 17.8 Å². The molecule has 0 bridgehead atoms. The Kier molecular flexibility index (Phi) is 5.27. The zero-order chi connectivity index (χ0) is 20.5. The number of alkyl halides is 3. The smallest absolute Gasteiger partial charge is 0.345 e. The van der Waals surface area contributed by atoms with Crippen LogP contribution < -0.4 is 5.32 Å². The number of carbonyl (C=O) groups is 1. The molecule has 0 saturated carbocycles. The van der Waals surface area contributed by atoms with Gasteiger partial charge in [-0.3, -0.25) is 4.79 Å². The van der Waals surface area contributed by atoms with E-state index >= 15 is 0 Å². The van der Waals surface area contributed by atoms with Crippen molar-refractivity contribution in [1.82, 2.24) is 15.1 Å². The third-order valence-corrected chi connectivity index (χ3v) is 4.60. The molecule has 1 aromatic heterocycles. The number of nitrogens with one attached hydrogen (secondary N) is 1. The van der Waals surface area contributed by atoms with Crippen molar-refractivity contribution >= 4 is 5.91 Å². The SMILES string of the molecule is Cc1nn(-c2ccccc2)c(C)c1C(=O)NC(C)c1ccc(C(F)(F)F)cc1. The number of amides is 1. The quantitative estimate of drug-likeness (QED) is 0.685. The maximum absolute atomic E-state index is 12.8. The predicted molar refractivity (Wildman–Crippen MR) is 100 cm³/mol. The fraction of sp³-hybridized carbons (Fsp3) is 0.238. The first kappa shape index (κ1) is 19.7. The van der Waals surface area contributed by atoms with Crippen LogP contribution >= 0.6 is 0 Å². The van der Waals surface area contributed by atoms with Gasteiger partial charge in [0.25, 0.3) is 5.91 Å². The molecule has 146 valence electrons. The second kappa shape index (κ2) is 7.50. The van der Waals surface area contributed by atoms with Crippen molar-refractivity contribution in [2.24, 2.45) is 0 Å². The summed E-state index contributed by atoms with van der Waals surface area (Å²) in [6, 6.07) is 13.8. The zero-order valence-electron chi connectivity index (χ0n) is 15.7. The fourth-order valence-electron chi connectivity index (χ4n) is 3.10. The first-order valence-corrected chi connectivity index (χ1v) is 8.78. The van der Waals surface area contributed by atoms with Crippen LogP contribution in [0.3, 0.4) is 0 Å². The maximum atomic E-state index is 12.8. The summed E-state index contributed by atoms with van der Waals surface area (Å²) in [6.45, 7) is 5.29. The van der Waals surface area contributed by atoms with Gasteiger partial charge in [0.1, 0.15) is 0 Å². The Hall–Kier alpha value is -3.09. The minimum absolute atomic E-state index is 0.315. The van der Waals surface area contributed by atoms with Crippen molar-refractivity contribution < 1.29 is 18.0 Å². The van der Waals surface area contributed by atoms with Crippen LogP contribution in [0.25, 0.3) is 5.69 Å². The van der Waals surface area contributed by atoms with Crippen molar-refractivity contribution in [2.75, 3.05) is 0 Å². The first-order valence-electron chi connectivity index (χ1n) is 8.78. The number of para-hydroxylation sites is 1. The predicted octanol–water partition coefficient (Wildman–Crippen LogP) is 5.00. The lowest BCUT2D eigenvalue weighted by atomic mass is 10.0. The average Bonchev–Trinajstić information content (AvgIpc) is 2.96. The van der Waals surface area contributed by atoms with Gasteiger partial charge in [0.15, 0.2) is 0 Å². The molecule has 0 aliphatic heterocycles. The van der Waals surface area contributed by atoms with E-state index in [9.17, 15) is 18.0 Å². The van der Waals surface area contributed by atoms with E-state index in [-0.39, 0.29) is 5.91 Å². The molecule has 0 aliphatic carbocycles. The number of nitrogens with zero attached hydrogens (tertiary/aromatic N) is 2. The molecule has 1 unspecified atom stereocenters. The van der Waals surface area contributed by atoms with Gasteiger partial charge in [0.2, 0.25) is 0 Å². The molecule has 0 radical (unpaired) electrons. The number of aromatic nitrogens is 2. The Labute approximate surface area is 161 Å². The second-order valence-electron chi connectivity index (χ2n) is 6.61. The highest BCUT2D eigenvalue weighted by Gasteiger charge is 2.30. The first-order chi connectivity index (χ1) is 13.2. The topological polar surface area (TPSA) is 46.9 Å². The van der Waals surface area contributed by atoms with Crippen LogP contribution in [0, 0.1) is 13.8 Å². The Morgan fingerprint density at radius 2 is 1.64 bits per heavy atom. The number of benzene rings is 2. The number of carbonyl (C=O) groups excluding carboxylic acids is 1. The summed E-state index contributed by atoms with van der Waals surface area (Å²) < 4.78 is 39.8. The molecular formula is C21H20F3N3O. The van der Waals surface area contributed by atoms with Crippen molar-refractivity contribution in [3.63, 3.8) is 0 Å². The number of hydrogen-bond acceptors (Lipinski definition) is 2. The highest BCUT2D eigenvalue weighted by molar-refractivity contribution is 5.96. The van der Waals surface area contributed by atoms with Crippen molar-refractivity contribution in [2.45, 2.75) is 33.0 Å². The lowest BCUT2D eigenvalue weighted by Crippen LogP contribution is -2.27. The minimum Gasteiger partial charge on any atom is -0.345 e. The van der Waals surface area contributed by atoms with Crippen LogP contribution in [0.5, 0.6) is 0 Å². The molecule has 0 saturated heterocycles. The highest BCUT2D eigenvalue weighted by atomic mass is 19.4. The summed E-state index contributed by atoms with van der Waals surface area (Å²) in [5.41, 5.74) is 2.46. The number of hydrogen-bond donors (Lipinski definition) is 1. The number of aryl methyl sites for hydroxylation is 1. The van der Waals surface area contributed by atoms with E-state index in [2.05, 4.69) is 10.4 Å². The maximum Gasteiger partial charge on any atom is 0.416 e. The molecule has 0 spiro atoms. The lowest BCUT2D eigenvalue weighted by Gasteiger charge is -2.16. The second-order valence-corrected chi connectivity index (χ2v) is 6.61. The molecule has 3 aromatic rings. The summed E-state index contributed by atoms with van der Waals surface area (Å²) in [5, 5.41) is 7.29. The van der Waals surface area contributed by atoms with E-state index in [1.165, 1.54) is 12.1 Å². The molecule has 2 aromatic carbocycles. The Morgan fingerprint density at radius 1 is 1.04 bits per heavy atom. The van der Waals surface area contributed by atoms with Crippen LogP contribution in [0.15, 0.2) is 54.6 Å². The summed E-state index contributed by atoms with van der Waals surface area (Å²) >= 11 is 0. The minimum atomic E-state index is -4.38. The van der Waals surface area contributed by atoms with E-state index in [1.54, 1.807) is 18.5 Å². The van der Waals surface area contributed by atoms with Gasteiger partial charge in [-0.05, 0) is 50.6 Å². The normalized spacial score (nSPS) is 12.6. The van der Waals surface area contributed by atoms with Crippen molar-refractivity contribution in [1.29, 1.82) is 0 Å². The summed E-state index contributed by atoms with van der Waals surface area (Å²) in [4.78, 5) is 12.8. The van der Waals surface area contributed by atoms with Crippen LogP contribution in [0.2, 0.25) is 0 Å². The van der Waals surface area contributed by atoms with Gasteiger partial charge < -0.3 is 5.32 Å². The third-order valence-electron chi connectivity index (χ3n) is 4.60. The Morgan fingerprint density at radius 3 is 2.21 bits per heavy atom. The molecule has 1 amide bonds. The summed E-state index contributed by atoms with van der Waals surface area (Å²) in [6.07, 6.45) is -4.38. The van der Waals surface area contributed by atoms with Crippen LogP contribution in [0.1, 0.15) is 45.8 Å². The van der Waals surface area contributed by atoms with Crippen molar-refractivity contribution in [3.8, 4) is 5.69 Å². The third kappa shape index (κ3) is 3.93. The van der Waals surface area contributed by atoms with E-state index < -0.39 is 17.8 Å². The molecular weight excluding hydrogens is 367 g/mol. The molecule has 4 nitrogen and oxygen atoms in total. The molecule has 1 N–H and O–H groups in total. The molecule has 3 rings (SSSR count). The van der Waals surface area contributed by atoms with E-state index in [4.69, 9.17) is 0 Å². The summed E-state index contributed by atoms with van der Waals surface area (Å²) in [5.74, 6) is -0.315. The average molecular weight is 387 g/mol. The summed E-state index contributed by atoms with van der Waals surface area (Å²) in [7, 11) is 0. The highest BCUT2D eigenvalue weighted by Crippen LogP contribution is 2.30. The largest absolute Gasteiger partial charge is 0.416 e. The van der Waals surface area contributed by atoms with Gasteiger partial charge in [-0.1, -0.05) is 30.3 Å². The van der Waals surface area contributed by atoms with E-state index in [1.807, 2.05) is 37.3 Å². The van der Waals surface area contributed by atoms with Gasteiger partial charge in [-0.15, -0.1) is 0 Å². The molecule has 1 heterocycles. The zero-order valence-corrected chi connectivity index (χ0v) is 15.7. The number of halogens is 3. The Balaban J connectivity index is 1.81. The van der Waals surface area contributed by atoms with Crippen LogP contribution in [0.4, 0.5) is 13.2 Å². The molecule has 0 fully saturated rings. The number of rotatable bonds is 4. The van der Waals surface area contributed by atoms with Crippen LogP contribution in [-0.4, -0.2) is 15.7 Å². The molecule has 7 heteroatoms. The van der Waals surface area contributed by atoms with Gasteiger partial charge in [-0.25, -0.2) is 4.68 Å². The standard InChI is InChI=1S/C21H20F3N3O/c1-13(16-9-11-17(12-10-16)21(22,23)24)25-20(28)19-14(2)26-27(15(19)3)18-7-5-4-6-8-18/h4-13H,1-3H3,(H,25,28). The monoisotopic (exact) mass is 387 g/mol. The fourth-order valence-corrected chi connectivity index (χ4v) is 3.10. The van der Waals surface area contributed by atoms with Crippen molar-refractivity contribution in [3.05, 3.63) is 82.7 Å². The van der Waals surface area contributed by atoms with Gasteiger partial charge >= 0.3 is 6.18 Å². The van der Waals surface area contributed by atoms with Gasteiger partial charge in [0, 0.05) is 0 Å². The van der Waals surface area contributed by atoms with Gasteiger partial charge in [0.05, 0.1) is 34.2 Å². The molecule has 1 atom stereocenters. The van der Waals surface area contributed by atoms with Gasteiger partial charge in [-0.2, -0.15) is 18.3 Å². The molecule has 28 heavy (non-hydrogen) atoms.